The second kappa shape index (κ2) is 7.30. The number of nitrogens with zero attached hydrogens (tertiary/aromatic N) is 1. The predicted molar refractivity (Wildman–Crippen MR) is 84.5 cm³/mol. The Labute approximate surface area is 132 Å². The average molecular weight is 314 g/mol. The lowest BCUT2D eigenvalue weighted by molar-refractivity contribution is -0.139. The van der Waals surface area contributed by atoms with E-state index < -0.39 is 12.6 Å². The molecule has 0 saturated heterocycles. The van der Waals surface area contributed by atoms with Crippen LogP contribution in [0.3, 0.4) is 0 Å². The van der Waals surface area contributed by atoms with Gasteiger partial charge in [0.1, 0.15) is 5.75 Å². The zero-order valence-electron chi connectivity index (χ0n) is 11.5. The average Bonchev–Trinajstić information content (AvgIpc) is 2.52. The van der Waals surface area contributed by atoms with Crippen LogP contribution in [0.4, 0.5) is 0 Å². The Morgan fingerprint density at radius 3 is 2.64 bits per heavy atom. The first-order valence-electron chi connectivity index (χ1n) is 6.41. The van der Waals surface area contributed by atoms with Crippen molar-refractivity contribution in [2.45, 2.75) is 0 Å². The summed E-state index contributed by atoms with van der Waals surface area (Å²) in [7, 11) is 0. The van der Waals surface area contributed by atoms with Crippen LogP contribution in [0.1, 0.15) is 11.1 Å². The smallest absolute Gasteiger partial charge is 0.341 e. The van der Waals surface area contributed by atoms with Gasteiger partial charge in [0.2, 0.25) is 0 Å². The number of nitriles is 1. The molecule has 0 heterocycles. The van der Waals surface area contributed by atoms with Crippen LogP contribution < -0.4 is 4.74 Å². The first-order chi connectivity index (χ1) is 10.6. The van der Waals surface area contributed by atoms with E-state index in [1.54, 1.807) is 24.3 Å². The van der Waals surface area contributed by atoms with E-state index in [-0.39, 0.29) is 0 Å². The fourth-order valence-corrected chi connectivity index (χ4v) is 2.04. The lowest BCUT2D eigenvalue weighted by Crippen LogP contribution is -2.10. The van der Waals surface area contributed by atoms with Crippen molar-refractivity contribution < 1.29 is 14.6 Å². The van der Waals surface area contributed by atoms with E-state index in [0.29, 0.717) is 21.9 Å². The molecular weight excluding hydrogens is 302 g/mol. The summed E-state index contributed by atoms with van der Waals surface area (Å²) in [4.78, 5) is 10.6. The zero-order chi connectivity index (χ0) is 15.9. The fraction of sp³-hybridized carbons (Fsp3) is 0.0588. The van der Waals surface area contributed by atoms with Gasteiger partial charge in [-0.25, -0.2) is 4.79 Å². The number of rotatable bonds is 5. The van der Waals surface area contributed by atoms with Gasteiger partial charge in [0.25, 0.3) is 0 Å². The highest BCUT2D eigenvalue weighted by atomic mass is 35.5. The lowest BCUT2D eigenvalue weighted by atomic mass is 10.0. The first-order valence-corrected chi connectivity index (χ1v) is 6.79. The third-order valence-corrected chi connectivity index (χ3v) is 3.06. The highest BCUT2D eigenvalue weighted by molar-refractivity contribution is 6.30. The van der Waals surface area contributed by atoms with Crippen LogP contribution in [0.15, 0.2) is 48.5 Å². The Hall–Kier alpha value is -2.77. The van der Waals surface area contributed by atoms with Crippen molar-refractivity contribution in [1.29, 1.82) is 5.26 Å². The van der Waals surface area contributed by atoms with Crippen LogP contribution in [0, 0.1) is 11.3 Å². The first kappa shape index (κ1) is 15.6. The summed E-state index contributed by atoms with van der Waals surface area (Å²) in [6.45, 7) is -0.463. The summed E-state index contributed by atoms with van der Waals surface area (Å²) < 4.78 is 5.22. The molecule has 0 saturated carbocycles. The second-order valence-corrected chi connectivity index (χ2v) is 4.84. The summed E-state index contributed by atoms with van der Waals surface area (Å²) in [5.74, 6) is -0.719. The van der Waals surface area contributed by atoms with E-state index in [4.69, 9.17) is 21.4 Å². The topological polar surface area (TPSA) is 70.3 Å². The predicted octanol–water partition coefficient (Wildman–Crippen LogP) is 3.87. The fourth-order valence-electron chi connectivity index (χ4n) is 1.86. The number of halogens is 1. The van der Waals surface area contributed by atoms with E-state index >= 15 is 0 Å². The largest absolute Gasteiger partial charge is 0.481 e. The molecule has 5 heteroatoms. The molecule has 2 aromatic carbocycles. The Balaban J connectivity index is 2.42. The van der Waals surface area contributed by atoms with Crippen LogP contribution in [-0.4, -0.2) is 17.7 Å². The molecule has 0 aliphatic carbocycles. The molecule has 0 aliphatic rings. The summed E-state index contributed by atoms with van der Waals surface area (Å²) >= 11 is 5.97. The van der Waals surface area contributed by atoms with Crippen molar-refractivity contribution in [3.05, 3.63) is 64.7 Å². The molecule has 0 atom stereocenters. The number of hydrogen-bond donors (Lipinski definition) is 1. The Kier molecular flexibility index (Phi) is 5.18. The maximum atomic E-state index is 10.6. The van der Waals surface area contributed by atoms with Gasteiger partial charge in [-0.2, -0.15) is 5.26 Å². The van der Waals surface area contributed by atoms with Gasteiger partial charge in [0.15, 0.2) is 6.61 Å². The molecule has 2 rings (SSSR count). The van der Waals surface area contributed by atoms with Gasteiger partial charge in [-0.3, -0.25) is 0 Å². The number of carboxylic acid groups (broad SMARTS) is 1. The number of ether oxygens (including phenoxy) is 1. The number of benzene rings is 2. The van der Waals surface area contributed by atoms with Crippen LogP contribution in [-0.2, 0) is 4.79 Å². The molecule has 0 aromatic heterocycles. The number of allylic oxidation sites excluding steroid dienone is 1. The Morgan fingerprint density at radius 2 is 2.00 bits per heavy atom. The van der Waals surface area contributed by atoms with Crippen molar-refractivity contribution in [3.63, 3.8) is 0 Å². The standard InChI is InChI=1S/C17H12ClNO3/c18-15-6-7-16(22-11-17(20)21)13(9-15)8-14(10-19)12-4-2-1-3-5-12/h1-9H,11H2,(H,20,21)/b14-8+. The number of carbonyl (C=O) groups is 1. The minimum Gasteiger partial charge on any atom is -0.481 e. The van der Waals surface area contributed by atoms with Crippen molar-refractivity contribution in [2.24, 2.45) is 0 Å². The van der Waals surface area contributed by atoms with E-state index in [1.165, 1.54) is 0 Å². The van der Waals surface area contributed by atoms with Crippen LogP contribution in [0.2, 0.25) is 5.02 Å². The van der Waals surface area contributed by atoms with Crippen molar-refractivity contribution in [1.82, 2.24) is 0 Å². The maximum Gasteiger partial charge on any atom is 0.341 e. The van der Waals surface area contributed by atoms with Gasteiger partial charge < -0.3 is 9.84 Å². The summed E-state index contributed by atoms with van der Waals surface area (Å²) in [6.07, 6.45) is 1.62. The third kappa shape index (κ3) is 4.11. The van der Waals surface area contributed by atoms with E-state index in [9.17, 15) is 10.1 Å². The Bertz CT molecular complexity index is 748. The number of aliphatic carboxylic acids is 1. The molecule has 0 fully saturated rings. The third-order valence-electron chi connectivity index (χ3n) is 2.83. The highest BCUT2D eigenvalue weighted by Crippen LogP contribution is 2.27. The summed E-state index contributed by atoms with van der Waals surface area (Å²) in [6, 6.07) is 16.1. The van der Waals surface area contributed by atoms with E-state index in [0.717, 1.165) is 5.56 Å². The van der Waals surface area contributed by atoms with Gasteiger partial charge in [-0.1, -0.05) is 41.9 Å². The Morgan fingerprint density at radius 1 is 1.27 bits per heavy atom. The normalized spacial score (nSPS) is 10.8. The molecule has 110 valence electrons. The van der Waals surface area contributed by atoms with Crippen molar-refractivity contribution in [2.75, 3.05) is 6.61 Å². The summed E-state index contributed by atoms with van der Waals surface area (Å²) in [5.41, 5.74) is 1.74. The number of carboxylic acids is 1. The molecule has 1 N–H and O–H groups in total. The molecule has 0 radical (unpaired) electrons. The molecule has 0 spiro atoms. The van der Waals surface area contributed by atoms with Crippen LogP contribution in [0.25, 0.3) is 11.6 Å². The number of hydrogen-bond acceptors (Lipinski definition) is 3. The molecule has 4 nitrogen and oxygen atoms in total. The zero-order valence-corrected chi connectivity index (χ0v) is 12.2. The SMILES string of the molecule is N#C/C(=C\c1cc(Cl)ccc1OCC(=O)O)c1ccccc1. The van der Waals surface area contributed by atoms with Gasteiger partial charge >= 0.3 is 5.97 Å². The van der Waals surface area contributed by atoms with E-state index in [2.05, 4.69) is 6.07 Å². The van der Waals surface area contributed by atoms with Crippen molar-refractivity contribution >= 4 is 29.2 Å². The van der Waals surface area contributed by atoms with E-state index in [1.807, 2.05) is 30.3 Å². The summed E-state index contributed by atoms with van der Waals surface area (Å²) in [5, 5.41) is 18.5. The maximum absolute atomic E-state index is 10.6. The minimum absolute atomic E-state index is 0.357. The monoisotopic (exact) mass is 313 g/mol. The molecule has 0 amide bonds. The van der Waals surface area contributed by atoms with Gasteiger partial charge in [0, 0.05) is 10.6 Å². The molecular formula is C17H12ClNO3. The molecule has 2 aromatic rings. The molecule has 0 unspecified atom stereocenters. The lowest BCUT2D eigenvalue weighted by Gasteiger charge is -2.08. The van der Waals surface area contributed by atoms with Gasteiger partial charge in [0.05, 0.1) is 11.6 Å². The molecule has 0 aliphatic heterocycles. The quantitative estimate of drug-likeness (QED) is 0.672. The van der Waals surface area contributed by atoms with Gasteiger partial charge in [-0.15, -0.1) is 0 Å². The minimum atomic E-state index is -1.08. The molecule has 22 heavy (non-hydrogen) atoms. The van der Waals surface area contributed by atoms with Crippen LogP contribution in [0.5, 0.6) is 5.75 Å². The van der Waals surface area contributed by atoms with Gasteiger partial charge in [-0.05, 0) is 29.8 Å². The highest BCUT2D eigenvalue weighted by Gasteiger charge is 2.08. The van der Waals surface area contributed by atoms with Crippen molar-refractivity contribution in [3.8, 4) is 11.8 Å². The van der Waals surface area contributed by atoms with Crippen LogP contribution >= 0.6 is 11.6 Å². The molecule has 0 bridgehead atoms. The second-order valence-electron chi connectivity index (χ2n) is 4.40.